The first-order chi connectivity index (χ1) is 10.3. The lowest BCUT2D eigenvalue weighted by atomic mass is 9.86. The SMILES string of the molecule is CC(=O)c1cccc2c1ccc1c3c(ccc12)CCCC3. The van der Waals surface area contributed by atoms with Crippen molar-refractivity contribution in [3.8, 4) is 0 Å². The van der Waals surface area contributed by atoms with Crippen LogP contribution in [0, 0.1) is 0 Å². The number of benzene rings is 3. The molecule has 0 spiro atoms. The second kappa shape index (κ2) is 4.70. The minimum atomic E-state index is 0.137. The highest BCUT2D eigenvalue weighted by molar-refractivity contribution is 6.15. The Balaban J connectivity index is 2.11. The molecule has 0 N–H and O–H groups in total. The normalized spacial score (nSPS) is 14.3. The smallest absolute Gasteiger partial charge is 0.160 e. The zero-order valence-corrected chi connectivity index (χ0v) is 12.3. The van der Waals surface area contributed by atoms with Crippen molar-refractivity contribution in [2.45, 2.75) is 32.6 Å². The Kier molecular flexibility index (Phi) is 2.81. The van der Waals surface area contributed by atoms with Gasteiger partial charge in [-0.1, -0.05) is 42.5 Å². The van der Waals surface area contributed by atoms with Gasteiger partial charge in [-0.2, -0.15) is 0 Å². The second-order valence-corrected chi connectivity index (χ2v) is 6.03. The third kappa shape index (κ3) is 1.88. The third-order valence-electron chi connectivity index (χ3n) is 4.77. The number of aryl methyl sites for hydroxylation is 2. The number of rotatable bonds is 1. The van der Waals surface area contributed by atoms with E-state index in [1.54, 1.807) is 6.92 Å². The van der Waals surface area contributed by atoms with Gasteiger partial charge in [0.05, 0.1) is 0 Å². The summed E-state index contributed by atoms with van der Waals surface area (Å²) in [7, 11) is 0. The number of hydrogen-bond donors (Lipinski definition) is 0. The molecule has 1 nitrogen and oxygen atoms in total. The van der Waals surface area contributed by atoms with E-state index in [0.717, 1.165) is 10.9 Å². The number of hydrogen-bond acceptors (Lipinski definition) is 1. The average molecular weight is 274 g/mol. The van der Waals surface area contributed by atoms with E-state index in [-0.39, 0.29) is 5.78 Å². The Bertz CT molecular complexity index is 874. The van der Waals surface area contributed by atoms with Gasteiger partial charge in [0.15, 0.2) is 5.78 Å². The summed E-state index contributed by atoms with van der Waals surface area (Å²) in [5.74, 6) is 0.137. The first-order valence-electron chi connectivity index (χ1n) is 7.73. The molecular formula is C20H18O. The topological polar surface area (TPSA) is 17.1 Å². The zero-order valence-electron chi connectivity index (χ0n) is 12.3. The Morgan fingerprint density at radius 2 is 1.52 bits per heavy atom. The van der Waals surface area contributed by atoms with Crippen molar-refractivity contribution in [1.29, 1.82) is 0 Å². The Morgan fingerprint density at radius 1 is 0.810 bits per heavy atom. The second-order valence-electron chi connectivity index (χ2n) is 6.03. The van der Waals surface area contributed by atoms with Gasteiger partial charge < -0.3 is 0 Å². The van der Waals surface area contributed by atoms with Gasteiger partial charge in [-0.05, 0) is 65.3 Å². The van der Waals surface area contributed by atoms with E-state index in [2.05, 4.69) is 30.3 Å². The van der Waals surface area contributed by atoms with Gasteiger partial charge in [-0.3, -0.25) is 4.79 Å². The van der Waals surface area contributed by atoms with Crippen LogP contribution >= 0.6 is 0 Å². The lowest BCUT2D eigenvalue weighted by Crippen LogP contribution is -2.03. The van der Waals surface area contributed by atoms with E-state index >= 15 is 0 Å². The molecule has 3 aromatic carbocycles. The zero-order chi connectivity index (χ0) is 14.4. The molecule has 0 aliphatic heterocycles. The Morgan fingerprint density at radius 3 is 2.38 bits per heavy atom. The van der Waals surface area contributed by atoms with Crippen LogP contribution in [-0.2, 0) is 12.8 Å². The van der Waals surface area contributed by atoms with E-state index < -0.39 is 0 Å². The molecule has 1 aliphatic carbocycles. The average Bonchev–Trinajstić information content (AvgIpc) is 2.53. The number of carbonyl (C=O) groups excluding carboxylic acids is 1. The lowest BCUT2D eigenvalue weighted by molar-refractivity contribution is 0.101. The summed E-state index contributed by atoms with van der Waals surface area (Å²) in [6, 6.07) is 14.9. The van der Waals surface area contributed by atoms with Crippen LogP contribution in [-0.4, -0.2) is 5.78 Å². The molecule has 0 bridgehead atoms. The molecule has 0 aromatic heterocycles. The molecule has 1 aliphatic rings. The molecule has 0 amide bonds. The van der Waals surface area contributed by atoms with Crippen molar-refractivity contribution < 1.29 is 4.79 Å². The van der Waals surface area contributed by atoms with Gasteiger partial charge in [-0.25, -0.2) is 0 Å². The molecule has 0 unspecified atom stereocenters. The molecule has 0 radical (unpaired) electrons. The fraction of sp³-hybridized carbons (Fsp3) is 0.250. The number of fused-ring (bicyclic) bond motifs is 5. The first kappa shape index (κ1) is 12.6. The summed E-state index contributed by atoms with van der Waals surface area (Å²) in [5, 5.41) is 4.94. The van der Waals surface area contributed by atoms with Crippen molar-refractivity contribution in [1.82, 2.24) is 0 Å². The molecule has 0 saturated carbocycles. The van der Waals surface area contributed by atoms with Gasteiger partial charge >= 0.3 is 0 Å². The molecule has 1 heteroatoms. The maximum absolute atomic E-state index is 11.8. The van der Waals surface area contributed by atoms with E-state index in [9.17, 15) is 4.79 Å². The van der Waals surface area contributed by atoms with Crippen LogP contribution in [0.25, 0.3) is 21.5 Å². The van der Waals surface area contributed by atoms with Crippen molar-refractivity contribution in [2.24, 2.45) is 0 Å². The molecule has 0 saturated heterocycles. The molecule has 3 aromatic rings. The maximum atomic E-state index is 11.8. The third-order valence-corrected chi connectivity index (χ3v) is 4.77. The number of carbonyl (C=O) groups is 1. The van der Waals surface area contributed by atoms with E-state index in [1.807, 2.05) is 12.1 Å². The van der Waals surface area contributed by atoms with Gasteiger partial charge in [0, 0.05) is 5.56 Å². The monoisotopic (exact) mass is 274 g/mol. The summed E-state index contributed by atoms with van der Waals surface area (Å²) < 4.78 is 0. The fourth-order valence-corrected chi connectivity index (χ4v) is 3.74. The summed E-state index contributed by atoms with van der Waals surface area (Å²) in [6.07, 6.45) is 4.99. The van der Waals surface area contributed by atoms with E-state index in [4.69, 9.17) is 0 Å². The van der Waals surface area contributed by atoms with Crippen LogP contribution in [0.2, 0.25) is 0 Å². The van der Waals surface area contributed by atoms with Gasteiger partial charge in [0.2, 0.25) is 0 Å². The van der Waals surface area contributed by atoms with Crippen LogP contribution in [0.3, 0.4) is 0 Å². The van der Waals surface area contributed by atoms with Crippen LogP contribution in [0.15, 0.2) is 42.5 Å². The van der Waals surface area contributed by atoms with Crippen LogP contribution in [0.4, 0.5) is 0 Å². The lowest BCUT2D eigenvalue weighted by Gasteiger charge is -2.19. The quantitative estimate of drug-likeness (QED) is 0.447. The number of ketones is 1. The highest BCUT2D eigenvalue weighted by Crippen LogP contribution is 2.34. The molecule has 4 rings (SSSR count). The highest BCUT2D eigenvalue weighted by atomic mass is 16.1. The molecule has 0 heterocycles. The van der Waals surface area contributed by atoms with Gasteiger partial charge in [0.25, 0.3) is 0 Å². The Hall–Kier alpha value is -2.15. The van der Waals surface area contributed by atoms with Crippen molar-refractivity contribution in [3.05, 3.63) is 59.2 Å². The minimum absolute atomic E-state index is 0.137. The standard InChI is InChI=1S/C20H18O/c1-13(21)15-7-4-8-17-18(15)11-12-19-16-6-3-2-5-14(16)9-10-20(17)19/h4,7-12H,2-3,5-6H2,1H3. The van der Waals surface area contributed by atoms with Crippen molar-refractivity contribution >= 4 is 27.3 Å². The van der Waals surface area contributed by atoms with E-state index in [1.165, 1.54) is 53.0 Å². The predicted molar refractivity (Wildman–Crippen MR) is 88.1 cm³/mol. The van der Waals surface area contributed by atoms with Gasteiger partial charge in [0.1, 0.15) is 0 Å². The first-order valence-corrected chi connectivity index (χ1v) is 7.73. The van der Waals surface area contributed by atoms with Crippen molar-refractivity contribution in [3.63, 3.8) is 0 Å². The predicted octanol–water partition coefficient (Wildman–Crippen LogP) is 5.07. The van der Waals surface area contributed by atoms with Gasteiger partial charge in [-0.15, -0.1) is 0 Å². The molecule has 21 heavy (non-hydrogen) atoms. The molecule has 0 atom stereocenters. The summed E-state index contributed by atoms with van der Waals surface area (Å²) in [5.41, 5.74) is 3.86. The van der Waals surface area contributed by atoms with Crippen molar-refractivity contribution in [2.75, 3.05) is 0 Å². The summed E-state index contributed by atoms with van der Waals surface area (Å²) in [4.78, 5) is 11.8. The van der Waals surface area contributed by atoms with Crippen LogP contribution in [0.1, 0.15) is 41.3 Å². The molecule has 104 valence electrons. The fourth-order valence-electron chi connectivity index (χ4n) is 3.74. The molecular weight excluding hydrogens is 256 g/mol. The summed E-state index contributed by atoms with van der Waals surface area (Å²) >= 11 is 0. The number of Topliss-reactive ketones (excluding diaryl/α,β-unsaturated/α-hetero) is 1. The van der Waals surface area contributed by atoms with Crippen LogP contribution < -0.4 is 0 Å². The van der Waals surface area contributed by atoms with E-state index in [0.29, 0.717) is 0 Å². The maximum Gasteiger partial charge on any atom is 0.160 e. The summed E-state index contributed by atoms with van der Waals surface area (Å²) in [6.45, 7) is 1.64. The minimum Gasteiger partial charge on any atom is -0.294 e. The van der Waals surface area contributed by atoms with Crippen LogP contribution in [0.5, 0.6) is 0 Å². The Labute approximate surface area is 124 Å². The molecule has 0 fully saturated rings. The largest absolute Gasteiger partial charge is 0.294 e. The highest BCUT2D eigenvalue weighted by Gasteiger charge is 2.14.